The Labute approximate surface area is 120 Å². The van der Waals surface area contributed by atoms with Crippen molar-refractivity contribution in [2.24, 2.45) is 5.92 Å². The van der Waals surface area contributed by atoms with Gasteiger partial charge in [0.05, 0.1) is 11.6 Å². The Kier molecular flexibility index (Phi) is 4.03. The van der Waals surface area contributed by atoms with E-state index in [4.69, 9.17) is 0 Å². The molecule has 0 N–H and O–H groups in total. The molecule has 1 aliphatic carbocycles. The molecular weight excluding hydrogens is 251 g/mol. The number of piperidine rings is 1. The molecule has 2 nitrogen and oxygen atoms in total. The summed E-state index contributed by atoms with van der Waals surface area (Å²) in [5, 5.41) is 9.18. The molecule has 3 rings (SSSR count). The lowest BCUT2D eigenvalue weighted by atomic mass is 9.78. The van der Waals surface area contributed by atoms with Crippen LogP contribution in [0.25, 0.3) is 0 Å². The van der Waals surface area contributed by atoms with Crippen LogP contribution in [0.4, 0.5) is 4.39 Å². The van der Waals surface area contributed by atoms with Crippen molar-refractivity contribution in [3.63, 3.8) is 0 Å². The standard InChI is InChI=1S/C17H21FN2/c18-16-8-7-14(11-19)15(10-16)12-20-9-3-5-13-4-1-2-6-17(13)20/h7-8,10,13,17H,1-6,9,12H2. The lowest BCUT2D eigenvalue weighted by molar-refractivity contribution is 0.0546. The predicted molar refractivity (Wildman–Crippen MR) is 76.5 cm³/mol. The molecule has 2 atom stereocenters. The van der Waals surface area contributed by atoms with E-state index in [9.17, 15) is 9.65 Å². The SMILES string of the molecule is N#Cc1ccc(F)cc1CN1CCCC2CCCCC21. The summed E-state index contributed by atoms with van der Waals surface area (Å²) in [5.41, 5.74) is 1.46. The predicted octanol–water partition coefficient (Wildman–Crippen LogP) is 3.85. The van der Waals surface area contributed by atoms with Crippen LogP contribution < -0.4 is 0 Å². The van der Waals surface area contributed by atoms with Crippen LogP contribution in [0.2, 0.25) is 0 Å². The molecule has 0 radical (unpaired) electrons. The highest BCUT2D eigenvalue weighted by atomic mass is 19.1. The molecule has 1 saturated carbocycles. The second-order valence-corrected chi connectivity index (χ2v) is 6.14. The highest BCUT2D eigenvalue weighted by molar-refractivity contribution is 5.37. The number of rotatable bonds is 2. The minimum Gasteiger partial charge on any atom is -0.296 e. The van der Waals surface area contributed by atoms with E-state index in [1.807, 2.05) is 0 Å². The molecule has 1 aliphatic heterocycles. The zero-order chi connectivity index (χ0) is 13.9. The van der Waals surface area contributed by atoms with Crippen LogP contribution in [0.5, 0.6) is 0 Å². The zero-order valence-corrected chi connectivity index (χ0v) is 11.8. The van der Waals surface area contributed by atoms with Gasteiger partial charge in [-0.15, -0.1) is 0 Å². The number of hydrogen-bond donors (Lipinski definition) is 0. The molecule has 1 aromatic rings. The molecule has 2 unspecified atom stereocenters. The number of hydrogen-bond acceptors (Lipinski definition) is 2. The van der Waals surface area contributed by atoms with Crippen molar-refractivity contribution in [1.82, 2.24) is 4.90 Å². The fourth-order valence-corrected chi connectivity index (χ4v) is 3.95. The van der Waals surface area contributed by atoms with E-state index >= 15 is 0 Å². The van der Waals surface area contributed by atoms with Crippen LogP contribution in [0.15, 0.2) is 18.2 Å². The highest BCUT2D eigenvalue weighted by Gasteiger charge is 2.33. The van der Waals surface area contributed by atoms with Gasteiger partial charge in [0.2, 0.25) is 0 Å². The van der Waals surface area contributed by atoms with Gasteiger partial charge >= 0.3 is 0 Å². The maximum atomic E-state index is 13.4. The Balaban J connectivity index is 1.79. The highest BCUT2D eigenvalue weighted by Crippen LogP contribution is 2.36. The van der Waals surface area contributed by atoms with E-state index in [0.717, 1.165) is 24.6 Å². The third-order valence-electron chi connectivity index (χ3n) is 4.92. The first kappa shape index (κ1) is 13.6. The summed E-state index contributed by atoms with van der Waals surface area (Å²) < 4.78 is 13.4. The van der Waals surface area contributed by atoms with Gasteiger partial charge in [-0.2, -0.15) is 5.26 Å². The van der Waals surface area contributed by atoms with Gasteiger partial charge < -0.3 is 0 Å². The topological polar surface area (TPSA) is 27.0 Å². The summed E-state index contributed by atoms with van der Waals surface area (Å²) in [4.78, 5) is 2.49. The smallest absolute Gasteiger partial charge is 0.123 e. The van der Waals surface area contributed by atoms with Crippen LogP contribution in [0.1, 0.15) is 49.7 Å². The van der Waals surface area contributed by atoms with Gasteiger partial charge in [0.1, 0.15) is 5.82 Å². The molecule has 0 bridgehead atoms. The number of nitriles is 1. The molecule has 2 aliphatic rings. The molecule has 1 saturated heterocycles. The van der Waals surface area contributed by atoms with Gasteiger partial charge in [-0.3, -0.25) is 4.90 Å². The van der Waals surface area contributed by atoms with Gasteiger partial charge in [-0.05, 0) is 61.9 Å². The van der Waals surface area contributed by atoms with Crippen LogP contribution in [-0.2, 0) is 6.54 Å². The van der Waals surface area contributed by atoms with Crippen molar-refractivity contribution in [2.45, 2.75) is 51.1 Å². The molecule has 3 heteroatoms. The first-order chi connectivity index (χ1) is 9.78. The Morgan fingerprint density at radius 3 is 2.85 bits per heavy atom. The van der Waals surface area contributed by atoms with Crippen molar-refractivity contribution < 1.29 is 4.39 Å². The Bertz CT molecular complexity index is 518. The normalized spacial score (nSPS) is 26.8. The van der Waals surface area contributed by atoms with E-state index in [-0.39, 0.29) is 5.82 Å². The number of fused-ring (bicyclic) bond motifs is 1. The Morgan fingerprint density at radius 2 is 2.00 bits per heavy atom. The van der Waals surface area contributed by atoms with E-state index in [1.165, 1.54) is 50.7 Å². The van der Waals surface area contributed by atoms with Gasteiger partial charge in [0, 0.05) is 12.6 Å². The van der Waals surface area contributed by atoms with E-state index in [1.54, 1.807) is 6.07 Å². The number of likely N-dealkylation sites (tertiary alicyclic amines) is 1. The van der Waals surface area contributed by atoms with Crippen LogP contribution in [0.3, 0.4) is 0 Å². The van der Waals surface area contributed by atoms with Gasteiger partial charge in [-0.25, -0.2) is 4.39 Å². The van der Waals surface area contributed by atoms with E-state index in [2.05, 4.69) is 11.0 Å². The molecule has 2 fully saturated rings. The van der Waals surface area contributed by atoms with Gasteiger partial charge in [-0.1, -0.05) is 12.8 Å². The van der Waals surface area contributed by atoms with Crippen LogP contribution >= 0.6 is 0 Å². The first-order valence-electron chi connectivity index (χ1n) is 7.70. The number of nitrogens with zero attached hydrogens (tertiary/aromatic N) is 2. The summed E-state index contributed by atoms with van der Waals surface area (Å²) in [5.74, 6) is 0.577. The largest absolute Gasteiger partial charge is 0.296 e. The summed E-state index contributed by atoms with van der Waals surface area (Å²) in [6, 6.07) is 7.35. The fraction of sp³-hybridized carbons (Fsp3) is 0.588. The summed E-state index contributed by atoms with van der Waals surface area (Å²) in [7, 11) is 0. The first-order valence-corrected chi connectivity index (χ1v) is 7.70. The van der Waals surface area contributed by atoms with Gasteiger partial charge in [0.15, 0.2) is 0 Å². The molecule has 0 spiro atoms. The average molecular weight is 272 g/mol. The zero-order valence-electron chi connectivity index (χ0n) is 11.8. The summed E-state index contributed by atoms with van der Waals surface area (Å²) in [6.45, 7) is 1.81. The summed E-state index contributed by atoms with van der Waals surface area (Å²) in [6.07, 6.45) is 7.86. The minimum atomic E-state index is -0.240. The number of halogens is 1. The molecule has 1 heterocycles. The molecule has 0 amide bonds. The third-order valence-corrected chi connectivity index (χ3v) is 4.92. The Morgan fingerprint density at radius 1 is 1.20 bits per heavy atom. The third kappa shape index (κ3) is 2.71. The van der Waals surface area contributed by atoms with Crippen molar-refractivity contribution in [3.05, 3.63) is 35.1 Å². The molecule has 0 aromatic heterocycles. The molecule has 106 valence electrons. The minimum absolute atomic E-state index is 0.240. The Hall–Kier alpha value is -1.40. The number of benzene rings is 1. The second-order valence-electron chi connectivity index (χ2n) is 6.14. The van der Waals surface area contributed by atoms with Crippen molar-refractivity contribution in [1.29, 1.82) is 5.26 Å². The average Bonchev–Trinajstić information content (AvgIpc) is 2.48. The maximum Gasteiger partial charge on any atom is 0.123 e. The van der Waals surface area contributed by atoms with Crippen LogP contribution in [0, 0.1) is 23.1 Å². The fourth-order valence-electron chi connectivity index (χ4n) is 3.95. The lowest BCUT2D eigenvalue weighted by Gasteiger charge is -2.44. The van der Waals surface area contributed by atoms with Crippen molar-refractivity contribution in [3.8, 4) is 6.07 Å². The monoisotopic (exact) mass is 272 g/mol. The molecule has 1 aromatic carbocycles. The quantitative estimate of drug-likeness (QED) is 0.817. The summed E-state index contributed by atoms with van der Waals surface area (Å²) >= 11 is 0. The van der Waals surface area contributed by atoms with Crippen LogP contribution in [-0.4, -0.2) is 17.5 Å². The molecular formula is C17H21FN2. The second kappa shape index (κ2) is 5.93. The van der Waals surface area contributed by atoms with Crippen molar-refractivity contribution >= 4 is 0 Å². The van der Waals surface area contributed by atoms with Gasteiger partial charge in [0.25, 0.3) is 0 Å². The van der Waals surface area contributed by atoms with E-state index < -0.39 is 0 Å². The lowest BCUT2D eigenvalue weighted by Crippen LogP contribution is -2.46. The molecule has 20 heavy (non-hydrogen) atoms. The maximum absolute atomic E-state index is 13.4. The van der Waals surface area contributed by atoms with E-state index in [0.29, 0.717) is 11.6 Å². The van der Waals surface area contributed by atoms with Crippen molar-refractivity contribution in [2.75, 3.05) is 6.54 Å².